The van der Waals surface area contributed by atoms with Gasteiger partial charge in [-0.2, -0.15) is 0 Å². The second-order valence-electron chi connectivity index (χ2n) is 9.22. The van der Waals surface area contributed by atoms with Crippen molar-refractivity contribution in [3.8, 4) is 0 Å². The Balaban J connectivity index is 2.11. The molecule has 1 aliphatic heterocycles. The first-order valence-electron chi connectivity index (χ1n) is 10.4. The molecule has 1 saturated heterocycles. The first-order valence-corrected chi connectivity index (χ1v) is 11.7. The average Bonchev–Trinajstić information content (AvgIpc) is 3.09. The van der Waals surface area contributed by atoms with Crippen LogP contribution in [-0.2, 0) is 14.4 Å². The van der Waals surface area contributed by atoms with Crippen LogP contribution in [0, 0.1) is 5.41 Å². The van der Waals surface area contributed by atoms with Gasteiger partial charge in [0.05, 0.1) is 12.6 Å². The summed E-state index contributed by atoms with van der Waals surface area (Å²) >= 11 is 1.57. The quantitative estimate of drug-likeness (QED) is 0.533. The number of urea groups is 1. The molecule has 1 aliphatic rings. The Morgan fingerprint density at radius 2 is 1.94 bits per heavy atom. The van der Waals surface area contributed by atoms with Gasteiger partial charge in [0.25, 0.3) is 0 Å². The van der Waals surface area contributed by atoms with Gasteiger partial charge in [-0.15, -0.1) is 11.8 Å². The summed E-state index contributed by atoms with van der Waals surface area (Å²) in [6.45, 7) is 5.82. The molecule has 32 heavy (non-hydrogen) atoms. The minimum atomic E-state index is -0.765. The summed E-state index contributed by atoms with van der Waals surface area (Å²) in [4.78, 5) is 53.4. The number of likely N-dealkylation sites (tertiary alicyclic amines) is 1. The van der Waals surface area contributed by atoms with E-state index < -0.39 is 24.0 Å². The number of hydrogen-bond acceptors (Lipinski definition) is 5. The summed E-state index contributed by atoms with van der Waals surface area (Å²) < 4.78 is 0. The van der Waals surface area contributed by atoms with Gasteiger partial charge in [-0.05, 0) is 36.3 Å². The standard InChI is InChI=1S/C22H33N5O4S/c1-22(2,3)11-19(29)27-12-15(10-17(27)20(30)26(4)13-18(23)28)25-21(31)24-14-7-6-8-16(9-14)32-5/h6-9,15,17H,10-13H2,1-5H3,(H2,23,28)(H2,24,25,31). The molecule has 0 spiro atoms. The maximum absolute atomic E-state index is 12.9. The van der Waals surface area contributed by atoms with Crippen molar-refractivity contribution in [2.45, 2.75) is 50.6 Å². The molecule has 0 bridgehead atoms. The summed E-state index contributed by atoms with van der Waals surface area (Å²) in [5, 5.41) is 5.66. The van der Waals surface area contributed by atoms with Crippen molar-refractivity contribution < 1.29 is 19.2 Å². The van der Waals surface area contributed by atoms with Gasteiger partial charge in [-0.1, -0.05) is 26.8 Å². The van der Waals surface area contributed by atoms with Crippen LogP contribution in [0.25, 0.3) is 0 Å². The second kappa shape index (κ2) is 10.7. The molecule has 1 fully saturated rings. The molecule has 5 amide bonds. The molecular formula is C22H33N5O4S. The average molecular weight is 464 g/mol. The zero-order chi connectivity index (χ0) is 24.1. The number of nitrogens with zero attached hydrogens (tertiary/aromatic N) is 2. The Morgan fingerprint density at radius 1 is 1.25 bits per heavy atom. The molecule has 0 aromatic heterocycles. The minimum absolute atomic E-state index is 0.166. The van der Waals surface area contributed by atoms with E-state index in [0.29, 0.717) is 5.69 Å². The number of amides is 5. The van der Waals surface area contributed by atoms with Crippen LogP contribution in [0.4, 0.5) is 10.5 Å². The summed E-state index contributed by atoms with van der Waals surface area (Å²) in [5.41, 5.74) is 5.61. The molecule has 4 N–H and O–H groups in total. The van der Waals surface area contributed by atoms with Gasteiger partial charge in [0.2, 0.25) is 17.7 Å². The fraction of sp³-hybridized carbons (Fsp3) is 0.545. The van der Waals surface area contributed by atoms with Crippen molar-refractivity contribution in [2.75, 3.05) is 31.7 Å². The lowest BCUT2D eigenvalue weighted by Crippen LogP contribution is -2.49. The maximum Gasteiger partial charge on any atom is 0.319 e. The van der Waals surface area contributed by atoms with E-state index in [1.165, 1.54) is 16.8 Å². The first-order chi connectivity index (χ1) is 14.9. The van der Waals surface area contributed by atoms with E-state index in [4.69, 9.17) is 5.73 Å². The van der Waals surface area contributed by atoms with Crippen LogP contribution in [0.15, 0.2) is 29.2 Å². The van der Waals surface area contributed by atoms with Crippen LogP contribution >= 0.6 is 11.8 Å². The molecule has 1 aromatic rings. The highest BCUT2D eigenvalue weighted by Gasteiger charge is 2.42. The lowest BCUT2D eigenvalue weighted by Gasteiger charge is -2.29. The number of anilines is 1. The van der Waals surface area contributed by atoms with Gasteiger partial charge in [0.1, 0.15) is 6.04 Å². The van der Waals surface area contributed by atoms with Gasteiger partial charge in [0.15, 0.2) is 0 Å². The Bertz CT molecular complexity index is 870. The molecule has 1 aromatic carbocycles. The highest BCUT2D eigenvalue weighted by Crippen LogP contribution is 2.26. The number of thioether (sulfide) groups is 1. The third kappa shape index (κ3) is 7.44. The Morgan fingerprint density at radius 3 is 2.53 bits per heavy atom. The van der Waals surface area contributed by atoms with Crippen molar-refractivity contribution in [1.82, 2.24) is 15.1 Å². The van der Waals surface area contributed by atoms with Crippen LogP contribution in [0.3, 0.4) is 0 Å². The zero-order valence-corrected chi connectivity index (χ0v) is 20.1. The molecule has 2 unspecified atom stereocenters. The maximum atomic E-state index is 12.9. The zero-order valence-electron chi connectivity index (χ0n) is 19.3. The number of rotatable bonds is 7. The molecule has 2 rings (SSSR count). The molecule has 9 nitrogen and oxygen atoms in total. The van der Waals surface area contributed by atoms with Gasteiger partial charge in [-0.3, -0.25) is 14.4 Å². The van der Waals surface area contributed by atoms with Gasteiger partial charge < -0.3 is 26.2 Å². The van der Waals surface area contributed by atoms with E-state index in [-0.39, 0.29) is 43.2 Å². The molecule has 10 heteroatoms. The van der Waals surface area contributed by atoms with Crippen molar-refractivity contribution in [2.24, 2.45) is 11.1 Å². The summed E-state index contributed by atoms with van der Waals surface area (Å²) in [6, 6.07) is 5.88. The number of benzene rings is 1. The van der Waals surface area contributed by atoms with Crippen molar-refractivity contribution in [3.05, 3.63) is 24.3 Å². The molecular weight excluding hydrogens is 430 g/mol. The highest BCUT2D eigenvalue weighted by molar-refractivity contribution is 7.98. The minimum Gasteiger partial charge on any atom is -0.368 e. The second-order valence-corrected chi connectivity index (χ2v) is 10.1. The molecule has 2 atom stereocenters. The molecule has 0 radical (unpaired) electrons. The van der Waals surface area contributed by atoms with Crippen LogP contribution in [0.1, 0.15) is 33.6 Å². The van der Waals surface area contributed by atoms with Crippen LogP contribution in [-0.4, -0.2) is 72.0 Å². The number of nitrogens with one attached hydrogen (secondary N) is 2. The van der Waals surface area contributed by atoms with Gasteiger partial charge >= 0.3 is 6.03 Å². The van der Waals surface area contributed by atoms with Crippen molar-refractivity contribution in [1.29, 1.82) is 0 Å². The highest BCUT2D eigenvalue weighted by atomic mass is 32.2. The molecule has 176 valence electrons. The van der Waals surface area contributed by atoms with Gasteiger partial charge in [0, 0.05) is 30.6 Å². The number of hydrogen-bond donors (Lipinski definition) is 3. The Labute approximate surface area is 193 Å². The van der Waals surface area contributed by atoms with E-state index in [9.17, 15) is 19.2 Å². The fourth-order valence-electron chi connectivity index (χ4n) is 3.62. The first kappa shape index (κ1) is 25.5. The summed E-state index contributed by atoms with van der Waals surface area (Å²) in [6.07, 6.45) is 2.47. The topological polar surface area (TPSA) is 125 Å². The number of likely N-dealkylation sites (N-methyl/N-ethyl adjacent to an activating group) is 1. The normalized spacial score (nSPS) is 18.2. The Kier molecular flexibility index (Phi) is 8.54. The lowest BCUT2D eigenvalue weighted by molar-refractivity contribution is -0.144. The van der Waals surface area contributed by atoms with Crippen molar-refractivity contribution in [3.63, 3.8) is 0 Å². The van der Waals surface area contributed by atoms with Crippen LogP contribution < -0.4 is 16.4 Å². The third-order valence-corrected chi connectivity index (χ3v) is 5.75. The smallest absolute Gasteiger partial charge is 0.319 e. The number of nitrogens with two attached hydrogens (primary N) is 1. The van der Waals surface area contributed by atoms with E-state index >= 15 is 0 Å². The largest absolute Gasteiger partial charge is 0.368 e. The van der Waals surface area contributed by atoms with Gasteiger partial charge in [-0.25, -0.2) is 4.79 Å². The molecule has 0 aliphatic carbocycles. The van der Waals surface area contributed by atoms with E-state index in [1.54, 1.807) is 17.8 Å². The Hall–Kier alpha value is -2.75. The number of carbonyl (C=O) groups excluding carboxylic acids is 4. The summed E-state index contributed by atoms with van der Waals surface area (Å²) in [7, 11) is 1.48. The van der Waals surface area contributed by atoms with E-state index in [2.05, 4.69) is 10.6 Å². The van der Waals surface area contributed by atoms with E-state index in [1.807, 2.05) is 45.2 Å². The predicted molar refractivity (Wildman–Crippen MR) is 125 cm³/mol. The van der Waals surface area contributed by atoms with Crippen molar-refractivity contribution >= 4 is 41.2 Å². The van der Waals surface area contributed by atoms with Crippen LogP contribution in [0.2, 0.25) is 0 Å². The predicted octanol–water partition coefficient (Wildman–Crippen LogP) is 1.88. The lowest BCUT2D eigenvalue weighted by atomic mass is 9.91. The van der Waals surface area contributed by atoms with Crippen LogP contribution in [0.5, 0.6) is 0 Å². The molecule has 1 heterocycles. The summed E-state index contributed by atoms with van der Waals surface area (Å²) in [5.74, 6) is -1.17. The number of carbonyl (C=O) groups is 4. The molecule has 0 saturated carbocycles. The third-order valence-electron chi connectivity index (χ3n) is 5.02. The fourth-order valence-corrected chi connectivity index (χ4v) is 4.08. The SMILES string of the molecule is CSc1cccc(NC(=O)NC2CC(C(=O)N(C)CC(N)=O)N(C(=O)CC(C)(C)C)C2)c1. The monoisotopic (exact) mass is 463 g/mol. The number of primary amides is 1. The van der Waals surface area contributed by atoms with E-state index in [0.717, 1.165) is 4.90 Å².